The third-order valence-electron chi connectivity index (χ3n) is 3.14. The molecule has 1 N–H and O–H groups in total. The molecule has 114 valence electrons. The van der Waals surface area contributed by atoms with Crippen LogP contribution < -0.4 is 5.32 Å². The van der Waals surface area contributed by atoms with Crippen molar-refractivity contribution in [3.63, 3.8) is 0 Å². The normalized spacial score (nSPS) is 16.8. The molecule has 2 rings (SSSR count). The van der Waals surface area contributed by atoms with E-state index in [1.54, 1.807) is 12.1 Å². The Morgan fingerprint density at radius 1 is 1.10 bits per heavy atom. The Morgan fingerprint density at radius 2 is 1.65 bits per heavy atom. The highest BCUT2D eigenvalue weighted by Gasteiger charge is 2.24. The van der Waals surface area contributed by atoms with Crippen LogP contribution in [0.2, 0.25) is 15.1 Å². The van der Waals surface area contributed by atoms with E-state index >= 15 is 0 Å². The molecule has 0 bridgehead atoms. The molecule has 1 fully saturated rings. The summed E-state index contributed by atoms with van der Waals surface area (Å²) < 4.78 is 0. The highest BCUT2D eigenvalue weighted by Crippen LogP contribution is 2.38. The molecule has 0 unspecified atom stereocenters. The van der Waals surface area contributed by atoms with E-state index in [1.807, 2.05) is 6.08 Å². The third-order valence-corrected chi connectivity index (χ3v) is 4.29. The minimum absolute atomic E-state index is 0. The van der Waals surface area contributed by atoms with E-state index in [1.165, 1.54) is 0 Å². The molecule has 0 spiro atoms. The summed E-state index contributed by atoms with van der Waals surface area (Å²) >= 11 is 18.6. The monoisotopic (exact) mass is 376 g/mol. The Labute approximate surface area is 147 Å². The maximum Gasteiger partial charge on any atom is 0.0658 e. The number of hydrogen-bond donors (Lipinski definition) is 1. The lowest BCUT2D eigenvalue weighted by atomic mass is 10.0. The maximum atomic E-state index is 6.28. The summed E-state index contributed by atoms with van der Waals surface area (Å²) in [6, 6.07) is 3.50. The van der Waals surface area contributed by atoms with Gasteiger partial charge in [-0.2, -0.15) is 0 Å². The number of rotatable bonds is 3. The average Bonchev–Trinajstić information content (AvgIpc) is 2.40. The van der Waals surface area contributed by atoms with Gasteiger partial charge in [-0.3, -0.25) is 4.90 Å². The van der Waals surface area contributed by atoms with Crippen molar-refractivity contribution in [3.8, 4) is 0 Å². The van der Waals surface area contributed by atoms with Gasteiger partial charge < -0.3 is 5.32 Å². The molecule has 2 nitrogen and oxygen atoms in total. The number of nitrogens with one attached hydrogen (secondary N) is 1. The second kappa shape index (κ2) is 9.37. The summed E-state index contributed by atoms with van der Waals surface area (Å²) in [6.07, 6.45) is 1.87. The van der Waals surface area contributed by atoms with Crippen LogP contribution >= 0.6 is 59.6 Å². The first-order chi connectivity index (χ1) is 8.65. The van der Waals surface area contributed by atoms with Gasteiger partial charge in [0, 0.05) is 36.8 Å². The Kier molecular flexibility index (Phi) is 9.52. The predicted octanol–water partition coefficient (Wildman–Crippen LogP) is 4.62. The Morgan fingerprint density at radius 3 is 2.20 bits per heavy atom. The second-order valence-corrected chi connectivity index (χ2v) is 5.42. The van der Waals surface area contributed by atoms with Gasteiger partial charge >= 0.3 is 0 Å². The van der Waals surface area contributed by atoms with Gasteiger partial charge in [0.05, 0.1) is 16.1 Å². The lowest BCUT2D eigenvalue weighted by Crippen LogP contribution is -2.44. The molecule has 1 atom stereocenters. The molecular weight excluding hydrogens is 361 g/mol. The number of nitrogens with zero attached hydrogens (tertiary/aromatic N) is 1. The largest absolute Gasteiger partial charge is 0.314 e. The summed E-state index contributed by atoms with van der Waals surface area (Å²) in [6.45, 7) is 7.70. The van der Waals surface area contributed by atoms with E-state index in [0.29, 0.717) is 15.1 Å². The maximum absolute atomic E-state index is 6.28. The predicted molar refractivity (Wildman–Crippen MR) is 93.3 cm³/mol. The topological polar surface area (TPSA) is 15.3 Å². The zero-order valence-corrected chi connectivity index (χ0v) is 14.6. The number of halogens is 5. The molecule has 0 aromatic heterocycles. The molecular formula is C13H17Cl5N2. The quantitative estimate of drug-likeness (QED) is 0.610. The SMILES string of the molecule is C=C[C@H](c1c(Cl)ccc(Cl)c1Cl)N1CCNCC1.Cl.Cl. The molecule has 0 saturated carbocycles. The second-order valence-electron chi connectivity index (χ2n) is 4.22. The lowest BCUT2D eigenvalue weighted by Gasteiger charge is -2.34. The summed E-state index contributed by atoms with van der Waals surface area (Å²) in [4.78, 5) is 2.30. The van der Waals surface area contributed by atoms with E-state index < -0.39 is 0 Å². The van der Waals surface area contributed by atoms with Gasteiger partial charge in [0.1, 0.15) is 0 Å². The molecule has 1 aromatic carbocycles. The van der Waals surface area contributed by atoms with E-state index in [2.05, 4.69) is 16.8 Å². The van der Waals surface area contributed by atoms with Crippen molar-refractivity contribution in [3.05, 3.63) is 45.4 Å². The van der Waals surface area contributed by atoms with E-state index in [-0.39, 0.29) is 30.9 Å². The van der Waals surface area contributed by atoms with E-state index in [4.69, 9.17) is 34.8 Å². The summed E-state index contributed by atoms with van der Waals surface area (Å²) in [5, 5.41) is 5.00. The molecule has 20 heavy (non-hydrogen) atoms. The highest BCUT2D eigenvalue weighted by molar-refractivity contribution is 6.44. The molecule has 1 saturated heterocycles. The summed E-state index contributed by atoms with van der Waals surface area (Å²) in [5.74, 6) is 0. The summed E-state index contributed by atoms with van der Waals surface area (Å²) in [7, 11) is 0. The lowest BCUT2D eigenvalue weighted by molar-refractivity contribution is 0.203. The van der Waals surface area contributed by atoms with Gasteiger partial charge in [0.2, 0.25) is 0 Å². The van der Waals surface area contributed by atoms with Gasteiger partial charge in [-0.05, 0) is 12.1 Å². The number of piperazine rings is 1. The zero-order chi connectivity index (χ0) is 13.1. The fourth-order valence-electron chi connectivity index (χ4n) is 2.22. The molecule has 0 radical (unpaired) electrons. The van der Waals surface area contributed by atoms with Crippen LogP contribution in [-0.2, 0) is 0 Å². The van der Waals surface area contributed by atoms with E-state index in [0.717, 1.165) is 31.7 Å². The fraction of sp³-hybridized carbons (Fsp3) is 0.385. The Hall–Kier alpha value is 0.330. The molecule has 0 aliphatic carbocycles. The first-order valence-electron chi connectivity index (χ1n) is 5.86. The first kappa shape index (κ1) is 20.3. The van der Waals surface area contributed by atoms with Crippen LogP contribution in [-0.4, -0.2) is 31.1 Å². The van der Waals surface area contributed by atoms with Gasteiger partial charge in [-0.15, -0.1) is 31.4 Å². The van der Waals surface area contributed by atoms with Crippen molar-refractivity contribution in [2.24, 2.45) is 0 Å². The van der Waals surface area contributed by atoms with Crippen molar-refractivity contribution in [2.45, 2.75) is 6.04 Å². The zero-order valence-electron chi connectivity index (χ0n) is 10.7. The van der Waals surface area contributed by atoms with Crippen LogP contribution in [0.15, 0.2) is 24.8 Å². The fourth-order valence-corrected chi connectivity index (χ4v) is 2.98. The van der Waals surface area contributed by atoms with Crippen molar-refractivity contribution in [1.29, 1.82) is 0 Å². The minimum Gasteiger partial charge on any atom is -0.314 e. The van der Waals surface area contributed by atoms with Crippen molar-refractivity contribution in [2.75, 3.05) is 26.2 Å². The van der Waals surface area contributed by atoms with Crippen molar-refractivity contribution >= 4 is 59.6 Å². The third kappa shape index (κ3) is 4.41. The molecule has 7 heteroatoms. The van der Waals surface area contributed by atoms with Crippen LogP contribution in [0.4, 0.5) is 0 Å². The van der Waals surface area contributed by atoms with Crippen LogP contribution in [0, 0.1) is 0 Å². The first-order valence-corrected chi connectivity index (χ1v) is 6.99. The molecule has 1 aliphatic heterocycles. The smallest absolute Gasteiger partial charge is 0.0658 e. The van der Waals surface area contributed by atoms with Gasteiger partial charge in [-0.25, -0.2) is 0 Å². The van der Waals surface area contributed by atoms with Crippen LogP contribution in [0.25, 0.3) is 0 Å². The highest BCUT2D eigenvalue weighted by atomic mass is 35.5. The summed E-state index contributed by atoms with van der Waals surface area (Å²) in [5.41, 5.74) is 0.850. The van der Waals surface area contributed by atoms with Crippen molar-refractivity contribution < 1.29 is 0 Å². The van der Waals surface area contributed by atoms with Crippen LogP contribution in [0.1, 0.15) is 11.6 Å². The standard InChI is InChI=1S/C13H15Cl3N2.2ClH/c1-2-11(18-7-5-17-6-8-18)12-9(14)3-4-10(15)13(12)16;;/h2-4,11,17H,1,5-8H2;2*1H/t11-;;/m1../s1. The van der Waals surface area contributed by atoms with Gasteiger partial charge in [0.15, 0.2) is 0 Å². The van der Waals surface area contributed by atoms with E-state index in [9.17, 15) is 0 Å². The Balaban J connectivity index is 0.00000180. The van der Waals surface area contributed by atoms with Crippen LogP contribution in [0.5, 0.6) is 0 Å². The van der Waals surface area contributed by atoms with Gasteiger partial charge in [0.25, 0.3) is 0 Å². The average molecular weight is 379 g/mol. The minimum atomic E-state index is 0. The van der Waals surface area contributed by atoms with Gasteiger partial charge in [-0.1, -0.05) is 40.9 Å². The molecule has 1 heterocycles. The Bertz CT molecular complexity index is 447. The molecule has 1 aliphatic rings. The van der Waals surface area contributed by atoms with Crippen LogP contribution in [0.3, 0.4) is 0 Å². The molecule has 1 aromatic rings. The number of hydrogen-bond acceptors (Lipinski definition) is 2. The number of benzene rings is 1. The molecule has 0 amide bonds. The van der Waals surface area contributed by atoms with Crippen molar-refractivity contribution in [1.82, 2.24) is 10.2 Å².